The molecule has 1 aliphatic rings. The standard InChI is InChI=1S/C26H24N2O5S.ClH/c1-3-28-12-11-17-21(14-28)34-24(22(17)26(31)32-4-2)27-23(29)19-13-18-16-8-6-5-7-15(16)9-10-20(18)33-25(19)30;/h5-10,13H,3-4,11-12,14H2,1-2H3,(H,27,29);1H. The Morgan fingerprint density at radius 2 is 1.94 bits per heavy atom. The summed E-state index contributed by atoms with van der Waals surface area (Å²) < 4.78 is 10.8. The van der Waals surface area contributed by atoms with Crippen LogP contribution in [0.4, 0.5) is 5.00 Å². The maximum Gasteiger partial charge on any atom is 0.349 e. The topological polar surface area (TPSA) is 88.8 Å². The van der Waals surface area contributed by atoms with Gasteiger partial charge in [0, 0.05) is 23.4 Å². The first-order valence-electron chi connectivity index (χ1n) is 11.3. The highest BCUT2D eigenvalue weighted by Crippen LogP contribution is 2.38. The van der Waals surface area contributed by atoms with E-state index >= 15 is 0 Å². The van der Waals surface area contributed by atoms with E-state index in [-0.39, 0.29) is 24.6 Å². The van der Waals surface area contributed by atoms with Crippen LogP contribution in [0.2, 0.25) is 0 Å². The van der Waals surface area contributed by atoms with Crippen molar-refractivity contribution in [1.29, 1.82) is 0 Å². The molecule has 1 N–H and O–H groups in total. The lowest BCUT2D eigenvalue weighted by Crippen LogP contribution is -2.30. The van der Waals surface area contributed by atoms with Crippen LogP contribution < -0.4 is 10.9 Å². The van der Waals surface area contributed by atoms with Crippen molar-refractivity contribution in [3.8, 4) is 0 Å². The van der Waals surface area contributed by atoms with Gasteiger partial charge in [-0.1, -0.05) is 37.3 Å². The highest BCUT2D eigenvalue weighted by atomic mass is 35.5. The van der Waals surface area contributed by atoms with E-state index < -0.39 is 17.5 Å². The molecule has 0 bridgehead atoms. The number of nitrogens with one attached hydrogen (secondary N) is 1. The highest BCUT2D eigenvalue weighted by molar-refractivity contribution is 7.17. The normalized spacial score (nSPS) is 13.3. The number of fused-ring (bicyclic) bond motifs is 4. The van der Waals surface area contributed by atoms with Crippen molar-refractivity contribution >= 4 is 62.4 Å². The summed E-state index contributed by atoms with van der Waals surface area (Å²) in [5, 5.41) is 5.76. The van der Waals surface area contributed by atoms with Gasteiger partial charge in [0.1, 0.15) is 16.1 Å². The van der Waals surface area contributed by atoms with Crippen molar-refractivity contribution in [2.24, 2.45) is 0 Å². The lowest BCUT2D eigenvalue weighted by molar-refractivity contribution is 0.0526. The Balaban J connectivity index is 0.00000289. The summed E-state index contributed by atoms with van der Waals surface area (Å²) in [5.74, 6) is -1.07. The minimum Gasteiger partial charge on any atom is -0.462 e. The molecule has 5 rings (SSSR count). The van der Waals surface area contributed by atoms with Gasteiger partial charge < -0.3 is 14.5 Å². The summed E-state index contributed by atoms with van der Waals surface area (Å²) in [6, 6.07) is 12.9. The quantitative estimate of drug-likeness (QED) is 0.223. The van der Waals surface area contributed by atoms with Crippen molar-refractivity contribution in [1.82, 2.24) is 4.90 Å². The predicted octanol–water partition coefficient (Wildman–Crippen LogP) is 5.24. The number of carbonyl (C=O) groups excluding carboxylic acids is 2. The number of halogens is 1. The first-order valence-corrected chi connectivity index (χ1v) is 12.1. The Bertz CT molecular complexity index is 1490. The SMILES string of the molecule is CCOC(=O)c1c(NC(=O)c2cc3c(ccc4ccccc43)oc2=O)sc2c1CCN(CC)C2.Cl. The molecule has 0 aliphatic carbocycles. The van der Waals surface area contributed by atoms with E-state index in [0.717, 1.165) is 34.3 Å². The van der Waals surface area contributed by atoms with Gasteiger partial charge in [0.05, 0.1) is 12.2 Å². The maximum absolute atomic E-state index is 13.3. The zero-order valence-electron chi connectivity index (χ0n) is 19.4. The van der Waals surface area contributed by atoms with Gasteiger partial charge in [0.25, 0.3) is 5.91 Å². The van der Waals surface area contributed by atoms with Crippen molar-refractivity contribution in [2.75, 3.05) is 25.0 Å². The fraction of sp³-hybridized carbons (Fsp3) is 0.269. The van der Waals surface area contributed by atoms with E-state index in [1.165, 1.54) is 11.3 Å². The molecule has 182 valence electrons. The average molecular weight is 513 g/mol. The molecule has 0 radical (unpaired) electrons. The fourth-order valence-corrected chi connectivity index (χ4v) is 5.71. The van der Waals surface area contributed by atoms with E-state index in [9.17, 15) is 14.4 Å². The predicted molar refractivity (Wildman–Crippen MR) is 140 cm³/mol. The second-order valence-corrected chi connectivity index (χ2v) is 9.25. The summed E-state index contributed by atoms with van der Waals surface area (Å²) in [7, 11) is 0. The Hall–Kier alpha value is -3.20. The van der Waals surface area contributed by atoms with Gasteiger partial charge in [-0.05, 0) is 48.4 Å². The molecule has 0 spiro atoms. The summed E-state index contributed by atoms with van der Waals surface area (Å²) in [6.45, 7) is 6.53. The monoisotopic (exact) mass is 512 g/mol. The lowest BCUT2D eigenvalue weighted by Gasteiger charge is -2.25. The van der Waals surface area contributed by atoms with Crippen LogP contribution >= 0.6 is 23.7 Å². The van der Waals surface area contributed by atoms with Gasteiger partial charge in [-0.2, -0.15) is 0 Å². The van der Waals surface area contributed by atoms with Crippen LogP contribution in [0.15, 0.2) is 51.7 Å². The Labute approximate surface area is 212 Å². The second-order valence-electron chi connectivity index (χ2n) is 8.15. The van der Waals surface area contributed by atoms with Crippen LogP contribution in [-0.2, 0) is 17.7 Å². The molecule has 7 nitrogen and oxygen atoms in total. The van der Waals surface area contributed by atoms with E-state index in [1.807, 2.05) is 30.3 Å². The summed E-state index contributed by atoms with van der Waals surface area (Å²) in [5.41, 5.74) is 0.886. The molecule has 0 saturated carbocycles. The molecule has 1 amide bonds. The zero-order valence-corrected chi connectivity index (χ0v) is 21.0. The molecule has 0 unspecified atom stereocenters. The number of likely N-dealkylation sites (N-methyl/N-ethyl adjacent to an activating group) is 1. The Morgan fingerprint density at radius 3 is 2.71 bits per heavy atom. The van der Waals surface area contributed by atoms with Crippen molar-refractivity contribution in [2.45, 2.75) is 26.8 Å². The van der Waals surface area contributed by atoms with Crippen LogP contribution in [0.3, 0.4) is 0 Å². The number of amides is 1. The molecule has 2 aromatic heterocycles. The number of thiophene rings is 1. The minimum atomic E-state index is -0.726. The smallest absolute Gasteiger partial charge is 0.349 e. The van der Waals surface area contributed by atoms with Crippen LogP contribution in [0, 0.1) is 0 Å². The molecule has 9 heteroatoms. The number of benzene rings is 2. The summed E-state index contributed by atoms with van der Waals surface area (Å²) >= 11 is 1.36. The summed E-state index contributed by atoms with van der Waals surface area (Å²) in [6.07, 6.45) is 0.702. The number of nitrogens with zero attached hydrogens (tertiary/aromatic N) is 1. The van der Waals surface area contributed by atoms with Crippen molar-refractivity contribution < 1.29 is 18.7 Å². The third-order valence-electron chi connectivity index (χ3n) is 6.18. The number of hydrogen-bond donors (Lipinski definition) is 1. The van der Waals surface area contributed by atoms with Gasteiger partial charge in [-0.3, -0.25) is 9.69 Å². The molecular formula is C26H25ClN2O5S. The van der Waals surface area contributed by atoms with Gasteiger partial charge in [-0.25, -0.2) is 9.59 Å². The number of esters is 1. The first kappa shape index (κ1) is 24.9. The van der Waals surface area contributed by atoms with Gasteiger partial charge >= 0.3 is 11.6 Å². The lowest BCUT2D eigenvalue weighted by atomic mass is 10.0. The number of anilines is 1. The molecule has 3 heterocycles. The molecule has 2 aromatic carbocycles. The van der Waals surface area contributed by atoms with Crippen LogP contribution in [0.1, 0.15) is 45.0 Å². The van der Waals surface area contributed by atoms with E-state index in [4.69, 9.17) is 9.15 Å². The molecule has 35 heavy (non-hydrogen) atoms. The van der Waals surface area contributed by atoms with E-state index in [1.54, 1.807) is 19.1 Å². The van der Waals surface area contributed by atoms with Gasteiger partial charge in [0.15, 0.2) is 0 Å². The molecule has 4 aromatic rings. The second kappa shape index (κ2) is 10.2. The van der Waals surface area contributed by atoms with Crippen LogP contribution in [0.5, 0.6) is 0 Å². The molecule has 1 aliphatic heterocycles. The molecule has 0 fully saturated rings. The minimum absolute atomic E-state index is 0. The highest BCUT2D eigenvalue weighted by Gasteiger charge is 2.30. The van der Waals surface area contributed by atoms with Crippen molar-refractivity contribution in [3.63, 3.8) is 0 Å². The van der Waals surface area contributed by atoms with Crippen LogP contribution in [0.25, 0.3) is 21.7 Å². The number of rotatable bonds is 5. The maximum atomic E-state index is 13.3. The average Bonchev–Trinajstić information content (AvgIpc) is 3.20. The number of carbonyl (C=O) groups is 2. The molecule has 0 saturated heterocycles. The van der Waals surface area contributed by atoms with Crippen LogP contribution in [-0.4, -0.2) is 36.5 Å². The Kier molecular flexibility index (Phi) is 7.25. The number of hydrogen-bond acceptors (Lipinski definition) is 7. The molecular weight excluding hydrogens is 488 g/mol. The molecule has 0 atom stereocenters. The first-order chi connectivity index (χ1) is 16.5. The van der Waals surface area contributed by atoms with Gasteiger partial charge in [0.2, 0.25) is 0 Å². The fourth-order valence-electron chi connectivity index (χ4n) is 4.43. The number of ether oxygens (including phenoxy) is 1. The third kappa shape index (κ3) is 4.57. The van der Waals surface area contributed by atoms with Crippen molar-refractivity contribution in [3.05, 3.63) is 74.5 Å². The zero-order chi connectivity index (χ0) is 23.8. The van der Waals surface area contributed by atoms with E-state index in [2.05, 4.69) is 17.1 Å². The third-order valence-corrected chi connectivity index (χ3v) is 7.31. The largest absolute Gasteiger partial charge is 0.462 e. The Morgan fingerprint density at radius 1 is 1.14 bits per heavy atom. The van der Waals surface area contributed by atoms with E-state index in [0.29, 0.717) is 34.5 Å². The summed E-state index contributed by atoms with van der Waals surface area (Å²) in [4.78, 5) is 42.0. The van der Waals surface area contributed by atoms with Gasteiger partial charge in [-0.15, -0.1) is 23.7 Å².